The Kier molecular flexibility index (Phi) is 6.40. The van der Waals surface area contributed by atoms with Crippen LogP contribution < -0.4 is 5.32 Å². The van der Waals surface area contributed by atoms with Crippen LogP contribution in [0.4, 0.5) is 0 Å². The zero-order valence-electron chi connectivity index (χ0n) is 10.9. The van der Waals surface area contributed by atoms with E-state index < -0.39 is 0 Å². The number of hydrogen-bond acceptors (Lipinski definition) is 3. The highest BCUT2D eigenvalue weighted by Gasteiger charge is 2.37. The Bertz CT molecular complexity index is 393. The molecule has 19 heavy (non-hydrogen) atoms. The molecule has 2 fully saturated rings. The van der Waals surface area contributed by atoms with E-state index in [4.69, 9.17) is 0 Å². The van der Waals surface area contributed by atoms with E-state index in [0.29, 0.717) is 11.8 Å². The second-order valence-corrected chi connectivity index (χ2v) is 5.13. The summed E-state index contributed by atoms with van der Waals surface area (Å²) in [6, 6.07) is 8.26. The number of nitrogens with zero attached hydrogens (tertiary/aromatic N) is 1. The summed E-state index contributed by atoms with van der Waals surface area (Å²) >= 11 is 0. The van der Waals surface area contributed by atoms with E-state index in [1.54, 1.807) is 0 Å². The molecule has 1 atom stereocenters. The fraction of sp³-hybridized carbons (Fsp3) is 0.571. The van der Waals surface area contributed by atoms with Gasteiger partial charge in [-0.25, -0.2) is 0 Å². The Morgan fingerprint density at radius 3 is 2.32 bits per heavy atom. The lowest BCUT2D eigenvalue weighted by atomic mass is 9.99. The monoisotopic (exact) mass is 304 g/mol. The van der Waals surface area contributed by atoms with E-state index in [-0.39, 0.29) is 24.8 Å². The van der Waals surface area contributed by atoms with Crippen molar-refractivity contribution in [3.8, 4) is 5.75 Å². The van der Waals surface area contributed by atoms with Crippen LogP contribution in [0.1, 0.15) is 24.4 Å². The van der Waals surface area contributed by atoms with Gasteiger partial charge in [-0.15, -0.1) is 24.8 Å². The van der Waals surface area contributed by atoms with Crippen molar-refractivity contribution in [2.24, 2.45) is 5.92 Å². The first-order valence-corrected chi connectivity index (χ1v) is 6.59. The Morgan fingerprint density at radius 1 is 1.11 bits per heavy atom. The molecule has 5 heteroatoms. The largest absolute Gasteiger partial charge is 0.508 e. The molecule has 2 N–H and O–H groups in total. The number of para-hydroxylation sites is 1. The fourth-order valence-corrected chi connectivity index (χ4v) is 2.86. The van der Waals surface area contributed by atoms with Crippen molar-refractivity contribution in [1.82, 2.24) is 10.2 Å². The van der Waals surface area contributed by atoms with Gasteiger partial charge < -0.3 is 10.4 Å². The van der Waals surface area contributed by atoms with Gasteiger partial charge in [0, 0.05) is 37.8 Å². The van der Waals surface area contributed by atoms with Gasteiger partial charge in [-0.1, -0.05) is 18.2 Å². The van der Waals surface area contributed by atoms with Gasteiger partial charge in [-0.05, 0) is 24.8 Å². The van der Waals surface area contributed by atoms with Crippen LogP contribution in [0.2, 0.25) is 0 Å². The van der Waals surface area contributed by atoms with Crippen molar-refractivity contribution in [2.45, 2.75) is 18.9 Å². The Hall–Kier alpha value is -0.480. The molecular weight excluding hydrogens is 283 g/mol. The molecular formula is C14H22Cl2N2O. The quantitative estimate of drug-likeness (QED) is 0.901. The maximum atomic E-state index is 10.0. The molecule has 1 saturated carbocycles. The fourth-order valence-electron chi connectivity index (χ4n) is 2.86. The second kappa shape index (κ2) is 7.34. The van der Waals surface area contributed by atoms with E-state index in [2.05, 4.69) is 16.3 Å². The number of halogens is 2. The van der Waals surface area contributed by atoms with Gasteiger partial charge in [0.05, 0.1) is 0 Å². The molecule has 3 nitrogen and oxygen atoms in total. The second-order valence-electron chi connectivity index (χ2n) is 5.13. The molecule has 1 saturated heterocycles. The molecule has 0 radical (unpaired) electrons. The standard InChI is InChI=1S/C14H20N2O.2ClH/c17-13-4-2-1-3-12(13)14(11-5-6-11)16-9-7-15-8-10-16;;/h1-4,11,14-15,17H,5-10H2;2*1H/t14-;;/m0../s1. The minimum atomic E-state index is 0. The van der Waals surface area contributed by atoms with E-state index in [0.717, 1.165) is 37.7 Å². The maximum Gasteiger partial charge on any atom is 0.120 e. The number of phenolic OH excluding ortho intramolecular Hbond substituents is 1. The highest BCUT2D eigenvalue weighted by Crippen LogP contribution is 2.46. The van der Waals surface area contributed by atoms with Crippen molar-refractivity contribution < 1.29 is 5.11 Å². The number of piperazine rings is 1. The molecule has 108 valence electrons. The lowest BCUT2D eigenvalue weighted by Crippen LogP contribution is -2.45. The summed E-state index contributed by atoms with van der Waals surface area (Å²) in [7, 11) is 0. The van der Waals surface area contributed by atoms with Crippen LogP contribution >= 0.6 is 24.8 Å². The van der Waals surface area contributed by atoms with E-state index in [1.807, 2.05) is 18.2 Å². The van der Waals surface area contributed by atoms with Crippen molar-refractivity contribution in [3.63, 3.8) is 0 Å². The molecule has 0 bridgehead atoms. The molecule has 1 aromatic carbocycles. The average molecular weight is 305 g/mol. The summed E-state index contributed by atoms with van der Waals surface area (Å²) in [5.41, 5.74) is 1.12. The number of nitrogens with one attached hydrogen (secondary N) is 1. The first-order valence-electron chi connectivity index (χ1n) is 6.59. The lowest BCUT2D eigenvalue weighted by Gasteiger charge is -2.35. The summed E-state index contributed by atoms with van der Waals surface area (Å²) in [5, 5.41) is 13.4. The number of phenols is 1. The Labute approximate surface area is 127 Å². The van der Waals surface area contributed by atoms with Crippen molar-refractivity contribution in [3.05, 3.63) is 29.8 Å². The molecule has 1 aromatic rings. The maximum absolute atomic E-state index is 10.0. The van der Waals surface area contributed by atoms with Gasteiger partial charge in [0.1, 0.15) is 5.75 Å². The van der Waals surface area contributed by atoms with Crippen LogP contribution in [0.25, 0.3) is 0 Å². The number of aromatic hydroxyl groups is 1. The van der Waals surface area contributed by atoms with Gasteiger partial charge in [-0.2, -0.15) is 0 Å². The smallest absolute Gasteiger partial charge is 0.120 e. The summed E-state index contributed by atoms with van der Waals surface area (Å²) in [6.45, 7) is 4.32. The summed E-state index contributed by atoms with van der Waals surface area (Å²) < 4.78 is 0. The highest BCUT2D eigenvalue weighted by molar-refractivity contribution is 5.85. The topological polar surface area (TPSA) is 35.5 Å². The number of benzene rings is 1. The average Bonchev–Trinajstić information content (AvgIpc) is 3.18. The zero-order valence-corrected chi connectivity index (χ0v) is 12.6. The zero-order chi connectivity index (χ0) is 11.7. The molecule has 0 amide bonds. The third-order valence-electron chi connectivity index (χ3n) is 3.87. The first-order chi connectivity index (χ1) is 8.36. The van der Waals surface area contributed by atoms with Crippen molar-refractivity contribution >= 4 is 24.8 Å². The number of rotatable bonds is 3. The van der Waals surface area contributed by atoms with Gasteiger partial charge in [0.25, 0.3) is 0 Å². The lowest BCUT2D eigenvalue weighted by molar-refractivity contribution is 0.153. The van der Waals surface area contributed by atoms with Crippen molar-refractivity contribution in [1.29, 1.82) is 0 Å². The molecule has 1 aliphatic heterocycles. The minimum absolute atomic E-state index is 0. The minimum Gasteiger partial charge on any atom is -0.508 e. The van der Waals surface area contributed by atoms with Crippen LogP contribution in [0.15, 0.2) is 24.3 Å². The van der Waals surface area contributed by atoms with E-state index in [9.17, 15) is 5.11 Å². The van der Waals surface area contributed by atoms with Crippen LogP contribution in [0.3, 0.4) is 0 Å². The summed E-state index contributed by atoms with van der Waals surface area (Å²) in [5.74, 6) is 1.21. The summed E-state index contributed by atoms with van der Waals surface area (Å²) in [6.07, 6.45) is 2.62. The third-order valence-corrected chi connectivity index (χ3v) is 3.87. The number of hydrogen-bond donors (Lipinski definition) is 2. The highest BCUT2D eigenvalue weighted by atomic mass is 35.5. The summed E-state index contributed by atoms with van der Waals surface area (Å²) in [4.78, 5) is 2.53. The molecule has 2 aliphatic rings. The van der Waals surface area contributed by atoms with Crippen LogP contribution in [0, 0.1) is 5.92 Å². The van der Waals surface area contributed by atoms with E-state index in [1.165, 1.54) is 12.8 Å². The third kappa shape index (κ3) is 3.76. The Morgan fingerprint density at radius 2 is 1.74 bits per heavy atom. The predicted octanol–water partition coefficient (Wildman–Crippen LogP) is 2.59. The van der Waals surface area contributed by atoms with Gasteiger partial charge in [0.15, 0.2) is 0 Å². The first kappa shape index (κ1) is 16.6. The van der Waals surface area contributed by atoms with Crippen LogP contribution in [0.5, 0.6) is 5.75 Å². The van der Waals surface area contributed by atoms with Gasteiger partial charge in [-0.3, -0.25) is 4.90 Å². The molecule has 1 aliphatic carbocycles. The van der Waals surface area contributed by atoms with E-state index >= 15 is 0 Å². The molecule has 3 rings (SSSR count). The molecule has 0 unspecified atom stereocenters. The van der Waals surface area contributed by atoms with Crippen LogP contribution in [-0.4, -0.2) is 36.2 Å². The molecule has 0 aromatic heterocycles. The SMILES string of the molecule is Cl.Cl.Oc1ccccc1[C@H](C1CC1)N1CCNCC1. The Balaban J connectivity index is 0.000000902. The molecule has 1 heterocycles. The van der Waals surface area contributed by atoms with Crippen LogP contribution in [-0.2, 0) is 0 Å². The van der Waals surface area contributed by atoms with Gasteiger partial charge in [0.2, 0.25) is 0 Å². The van der Waals surface area contributed by atoms with Crippen molar-refractivity contribution in [2.75, 3.05) is 26.2 Å². The normalized spacial score (nSPS) is 21.1. The van der Waals surface area contributed by atoms with Gasteiger partial charge >= 0.3 is 0 Å². The molecule has 0 spiro atoms. The predicted molar refractivity (Wildman–Crippen MR) is 82.5 cm³/mol.